The monoisotopic (exact) mass is 461 g/mol. The molecule has 33 heavy (non-hydrogen) atoms. The van der Waals surface area contributed by atoms with Gasteiger partial charge in [0.2, 0.25) is 5.91 Å². The molecule has 3 fully saturated rings. The summed E-state index contributed by atoms with van der Waals surface area (Å²) in [6.45, 7) is 8.16. The van der Waals surface area contributed by atoms with Gasteiger partial charge in [0.05, 0.1) is 19.1 Å². The van der Waals surface area contributed by atoms with E-state index in [1.807, 2.05) is 6.92 Å². The van der Waals surface area contributed by atoms with Gasteiger partial charge in [-0.2, -0.15) is 0 Å². The predicted molar refractivity (Wildman–Crippen MR) is 123 cm³/mol. The van der Waals surface area contributed by atoms with Crippen molar-refractivity contribution in [3.8, 4) is 0 Å². The zero-order valence-corrected chi connectivity index (χ0v) is 20.9. The number of rotatable bonds is 5. The fraction of sp³-hybridized carbons (Fsp3) is 0.769. The molecule has 0 aromatic heterocycles. The smallest absolute Gasteiger partial charge is 0.311 e. The van der Waals surface area contributed by atoms with Gasteiger partial charge >= 0.3 is 11.9 Å². The molecule has 0 aliphatic heterocycles. The van der Waals surface area contributed by atoms with Crippen LogP contribution in [-0.2, 0) is 28.7 Å². The van der Waals surface area contributed by atoms with E-state index in [2.05, 4.69) is 13.8 Å². The summed E-state index contributed by atoms with van der Waals surface area (Å²) in [4.78, 5) is 51.5. The first-order valence-electron chi connectivity index (χ1n) is 12.2. The molecule has 0 spiro atoms. The van der Waals surface area contributed by atoms with Crippen LogP contribution in [0.15, 0.2) is 11.6 Å². The lowest BCUT2D eigenvalue weighted by Gasteiger charge is -2.60. The second-order valence-electron chi connectivity index (χ2n) is 10.8. The highest BCUT2D eigenvalue weighted by Gasteiger charge is 2.62. The highest BCUT2D eigenvalue weighted by molar-refractivity contribution is 5.89. The number of allylic oxidation sites excluding steroid dienone is 1. The zero-order valence-electron chi connectivity index (χ0n) is 20.9. The van der Waals surface area contributed by atoms with Gasteiger partial charge in [-0.3, -0.25) is 19.2 Å². The molecule has 3 saturated carbocycles. The second kappa shape index (κ2) is 9.59. The molecule has 184 valence electrons. The Hall–Kier alpha value is -2.18. The predicted octanol–water partition coefficient (Wildman–Crippen LogP) is 3.56. The molecular weight excluding hydrogens is 422 g/mol. The number of carbonyl (C=O) groups excluding carboxylic acids is 4. The molecule has 3 aliphatic rings. The normalized spacial score (nSPS) is 37.0. The van der Waals surface area contributed by atoms with Gasteiger partial charge in [-0.1, -0.05) is 25.8 Å². The first-order valence-corrected chi connectivity index (χ1v) is 12.2. The Kier molecular flexibility index (Phi) is 7.39. The fourth-order valence-electron chi connectivity index (χ4n) is 7.09. The van der Waals surface area contributed by atoms with Crippen LogP contribution in [0.2, 0.25) is 0 Å². The minimum absolute atomic E-state index is 0.00767. The van der Waals surface area contributed by atoms with E-state index in [9.17, 15) is 19.2 Å². The van der Waals surface area contributed by atoms with Crippen LogP contribution >= 0.6 is 0 Å². The molecule has 7 nitrogen and oxygen atoms in total. The number of ketones is 1. The molecule has 0 heterocycles. The lowest BCUT2D eigenvalue weighted by Crippen LogP contribution is -2.59. The van der Waals surface area contributed by atoms with Crippen LogP contribution in [0.3, 0.4) is 0 Å². The van der Waals surface area contributed by atoms with Crippen molar-refractivity contribution >= 4 is 23.6 Å². The second-order valence-corrected chi connectivity index (χ2v) is 10.8. The number of hydrogen-bond donors (Lipinski definition) is 0. The van der Waals surface area contributed by atoms with Gasteiger partial charge in [-0.15, -0.1) is 0 Å². The number of esters is 2. The van der Waals surface area contributed by atoms with E-state index in [1.54, 1.807) is 13.1 Å². The maximum absolute atomic E-state index is 13.5. The molecule has 0 N–H and O–H groups in total. The van der Waals surface area contributed by atoms with Gasteiger partial charge < -0.3 is 14.4 Å². The summed E-state index contributed by atoms with van der Waals surface area (Å²) in [7, 11) is 3.12. The number of ether oxygens (including phenoxy) is 2. The quantitative estimate of drug-likeness (QED) is 0.459. The minimum atomic E-state index is -0.623. The van der Waals surface area contributed by atoms with Crippen molar-refractivity contribution < 1.29 is 28.7 Å². The Morgan fingerprint density at radius 1 is 1.21 bits per heavy atom. The van der Waals surface area contributed by atoms with E-state index in [1.165, 1.54) is 18.9 Å². The third kappa shape index (κ3) is 4.60. The van der Waals surface area contributed by atoms with E-state index in [4.69, 9.17) is 9.47 Å². The van der Waals surface area contributed by atoms with Crippen molar-refractivity contribution in [2.24, 2.45) is 34.5 Å². The number of carbonyl (C=O) groups is 4. The fourth-order valence-corrected chi connectivity index (χ4v) is 7.09. The summed E-state index contributed by atoms with van der Waals surface area (Å²) < 4.78 is 10.1. The van der Waals surface area contributed by atoms with Gasteiger partial charge in [0, 0.05) is 32.4 Å². The number of methoxy groups -OCH3 is 1. The molecule has 3 aliphatic carbocycles. The third-order valence-electron chi connectivity index (χ3n) is 8.97. The van der Waals surface area contributed by atoms with Crippen LogP contribution in [0.25, 0.3) is 0 Å². The summed E-state index contributed by atoms with van der Waals surface area (Å²) in [6, 6.07) is 0. The van der Waals surface area contributed by atoms with Crippen molar-refractivity contribution in [3.05, 3.63) is 11.6 Å². The van der Waals surface area contributed by atoms with Crippen molar-refractivity contribution in [1.82, 2.24) is 4.90 Å². The molecular formula is C26H39NO6. The van der Waals surface area contributed by atoms with E-state index in [0.717, 1.165) is 37.7 Å². The number of fused-ring (bicyclic) bond motifs is 3. The Morgan fingerprint density at radius 3 is 2.55 bits per heavy atom. The first-order chi connectivity index (χ1) is 15.5. The van der Waals surface area contributed by atoms with E-state index >= 15 is 0 Å². The van der Waals surface area contributed by atoms with Gasteiger partial charge in [0.25, 0.3) is 0 Å². The Balaban J connectivity index is 1.79. The number of Topliss-reactive ketones (excluding diaryl/α,β-unsaturated/α-hetero) is 1. The highest BCUT2D eigenvalue weighted by atomic mass is 16.5. The van der Waals surface area contributed by atoms with Gasteiger partial charge in [-0.05, 0) is 55.8 Å². The largest absolute Gasteiger partial charge is 0.469 e. The van der Waals surface area contributed by atoms with Crippen molar-refractivity contribution in [1.29, 1.82) is 0 Å². The summed E-state index contributed by atoms with van der Waals surface area (Å²) >= 11 is 0. The molecule has 3 rings (SSSR count). The third-order valence-corrected chi connectivity index (χ3v) is 8.97. The first kappa shape index (κ1) is 25.4. The molecule has 0 bridgehead atoms. The molecule has 0 aromatic carbocycles. The number of hydrogen-bond acceptors (Lipinski definition) is 6. The maximum atomic E-state index is 13.5. The van der Waals surface area contributed by atoms with E-state index in [-0.39, 0.29) is 59.3 Å². The van der Waals surface area contributed by atoms with E-state index in [0.29, 0.717) is 13.0 Å². The van der Waals surface area contributed by atoms with Crippen molar-refractivity contribution in [2.75, 3.05) is 27.3 Å². The number of amides is 1. The van der Waals surface area contributed by atoms with Gasteiger partial charge in [0.1, 0.15) is 12.4 Å². The summed E-state index contributed by atoms with van der Waals surface area (Å²) in [6.07, 6.45) is 6.44. The SMILES string of the molecule is COC(=O)[C@@]1(C)CCC[C@@]2(C)[C@H]1CC(=O)[C@H]1[C@@H](C)/C(=C/C(=O)N(C)CCOC(C)=O)CC[C@@H]12. The van der Waals surface area contributed by atoms with Gasteiger partial charge in [0.15, 0.2) is 0 Å². The topological polar surface area (TPSA) is 90.0 Å². The Labute approximate surface area is 197 Å². The van der Waals surface area contributed by atoms with Crippen LogP contribution in [-0.4, -0.2) is 55.8 Å². The highest BCUT2D eigenvalue weighted by Crippen LogP contribution is 2.64. The van der Waals surface area contributed by atoms with Crippen molar-refractivity contribution in [3.63, 3.8) is 0 Å². The minimum Gasteiger partial charge on any atom is -0.469 e. The lowest BCUT2D eigenvalue weighted by atomic mass is 9.43. The Morgan fingerprint density at radius 2 is 1.91 bits per heavy atom. The zero-order chi connectivity index (χ0) is 24.6. The van der Waals surface area contributed by atoms with Crippen LogP contribution < -0.4 is 0 Å². The van der Waals surface area contributed by atoms with E-state index < -0.39 is 5.41 Å². The summed E-state index contributed by atoms with van der Waals surface area (Å²) in [5, 5.41) is 0. The molecule has 7 heteroatoms. The molecule has 1 amide bonds. The number of nitrogens with zero attached hydrogens (tertiary/aromatic N) is 1. The van der Waals surface area contributed by atoms with Gasteiger partial charge in [-0.25, -0.2) is 0 Å². The molecule has 0 radical (unpaired) electrons. The molecule has 0 unspecified atom stereocenters. The lowest BCUT2D eigenvalue weighted by molar-refractivity contribution is -0.178. The molecule has 0 aromatic rings. The van der Waals surface area contributed by atoms with Crippen molar-refractivity contribution in [2.45, 2.75) is 66.2 Å². The standard InChI is InChI=1S/C26H39NO6/c1-16-18(14-22(30)27(5)12-13-33-17(2)28)8-9-19-23(16)20(29)15-21-25(19,3)10-7-11-26(21,4)24(31)32-6/h14,16,19,21,23H,7-13,15H2,1-6H3/b18-14+/t16-,19-,21+,23-,25+,26-/m0/s1. The average Bonchev–Trinajstić information content (AvgIpc) is 2.75. The summed E-state index contributed by atoms with van der Waals surface area (Å²) in [5.41, 5.74) is 0.301. The average molecular weight is 462 g/mol. The summed E-state index contributed by atoms with van der Waals surface area (Å²) in [5.74, 6) is -0.412. The van der Waals surface area contributed by atoms with Crippen LogP contribution in [0, 0.1) is 34.5 Å². The molecule has 0 saturated heterocycles. The number of likely N-dealkylation sites (N-methyl/N-ethyl adjacent to an activating group) is 1. The van der Waals surface area contributed by atoms with Crippen LogP contribution in [0.1, 0.15) is 66.2 Å². The maximum Gasteiger partial charge on any atom is 0.311 e. The van der Waals surface area contributed by atoms with Crippen LogP contribution in [0.5, 0.6) is 0 Å². The Bertz CT molecular complexity index is 850. The molecule has 6 atom stereocenters. The van der Waals surface area contributed by atoms with Crippen LogP contribution in [0.4, 0.5) is 0 Å².